The average molecular weight is 211 g/mol. The molecule has 82 valence electrons. The number of halogens is 1. The number of rotatable bonds is 4. The van der Waals surface area contributed by atoms with Gasteiger partial charge in [0.15, 0.2) is 0 Å². The second kappa shape index (κ2) is 5.34. The van der Waals surface area contributed by atoms with E-state index in [2.05, 4.69) is 4.74 Å². The fraction of sp³-hybridized carbons (Fsp3) is 0.364. The van der Waals surface area contributed by atoms with Crippen molar-refractivity contribution in [2.75, 3.05) is 25.6 Å². The van der Waals surface area contributed by atoms with Crippen molar-refractivity contribution in [1.29, 1.82) is 0 Å². The highest BCUT2D eigenvalue weighted by Crippen LogP contribution is 2.13. The smallest absolute Gasteiger partial charge is 0.307 e. The van der Waals surface area contributed by atoms with Crippen LogP contribution in [0.15, 0.2) is 24.3 Å². The van der Waals surface area contributed by atoms with E-state index in [0.717, 1.165) is 5.69 Å². The van der Waals surface area contributed by atoms with Crippen LogP contribution in [0.1, 0.15) is 6.42 Å². The van der Waals surface area contributed by atoms with Crippen molar-refractivity contribution in [3.8, 4) is 0 Å². The summed E-state index contributed by atoms with van der Waals surface area (Å²) in [7, 11) is 3.15. The van der Waals surface area contributed by atoms with E-state index in [-0.39, 0.29) is 11.8 Å². The maximum atomic E-state index is 12.9. The van der Waals surface area contributed by atoms with Crippen molar-refractivity contribution in [2.24, 2.45) is 0 Å². The average Bonchev–Trinajstić information content (AvgIpc) is 2.25. The molecule has 0 aliphatic heterocycles. The van der Waals surface area contributed by atoms with Gasteiger partial charge >= 0.3 is 5.97 Å². The number of carbonyl (C=O) groups excluding carboxylic acids is 1. The predicted molar refractivity (Wildman–Crippen MR) is 56.3 cm³/mol. The van der Waals surface area contributed by atoms with Crippen LogP contribution in [-0.2, 0) is 9.53 Å². The van der Waals surface area contributed by atoms with Crippen LogP contribution in [0.5, 0.6) is 0 Å². The van der Waals surface area contributed by atoms with Crippen molar-refractivity contribution in [3.63, 3.8) is 0 Å². The van der Waals surface area contributed by atoms with E-state index in [1.54, 1.807) is 24.1 Å². The quantitative estimate of drug-likeness (QED) is 0.711. The Balaban J connectivity index is 2.53. The lowest BCUT2D eigenvalue weighted by molar-refractivity contribution is -0.140. The van der Waals surface area contributed by atoms with Crippen LogP contribution in [0.2, 0.25) is 0 Å². The van der Waals surface area contributed by atoms with Crippen LogP contribution in [-0.4, -0.2) is 26.7 Å². The third kappa shape index (κ3) is 3.58. The molecule has 0 radical (unpaired) electrons. The first kappa shape index (κ1) is 11.5. The van der Waals surface area contributed by atoms with Crippen LogP contribution in [0, 0.1) is 5.82 Å². The number of carbonyl (C=O) groups is 1. The van der Waals surface area contributed by atoms with Gasteiger partial charge in [0, 0.05) is 19.3 Å². The van der Waals surface area contributed by atoms with Gasteiger partial charge < -0.3 is 9.64 Å². The highest BCUT2D eigenvalue weighted by molar-refractivity contribution is 5.70. The molecule has 0 aliphatic rings. The Morgan fingerprint density at radius 2 is 2.27 bits per heavy atom. The normalized spacial score (nSPS) is 9.80. The molecule has 0 amide bonds. The number of methoxy groups -OCH3 is 1. The van der Waals surface area contributed by atoms with Crippen LogP contribution >= 0.6 is 0 Å². The fourth-order valence-corrected chi connectivity index (χ4v) is 1.20. The van der Waals surface area contributed by atoms with E-state index >= 15 is 0 Å². The summed E-state index contributed by atoms with van der Waals surface area (Å²) in [6.07, 6.45) is 0.295. The van der Waals surface area contributed by atoms with E-state index in [1.807, 2.05) is 0 Å². The Kier molecular flexibility index (Phi) is 4.09. The van der Waals surface area contributed by atoms with E-state index in [1.165, 1.54) is 19.2 Å². The highest BCUT2D eigenvalue weighted by Gasteiger charge is 2.05. The minimum atomic E-state index is -0.280. The maximum absolute atomic E-state index is 12.9. The molecule has 0 spiro atoms. The molecule has 0 fully saturated rings. The summed E-state index contributed by atoms with van der Waals surface area (Å²) in [5.74, 6) is -0.546. The number of hydrogen-bond acceptors (Lipinski definition) is 3. The first-order valence-corrected chi connectivity index (χ1v) is 4.67. The zero-order valence-corrected chi connectivity index (χ0v) is 8.87. The van der Waals surface area contributed by atoms with Crippen molar-refractivity contribution in [1.82, 2.24) is 0 Å². The van der Waals surface area contributed by atoms with Gasteiger partial charge in [0.05, 0.1) is 13.5 Å². The molecule has 1 rings (SSSR count). The standard InChI is InChI=1S/C11H14FNO2/c1-13(7-6-11(14)15-2)10-5-3-4-9(12)8-10/h3-5,8H,6-7H2,1-2H3. The molecular weight excluding hydrogens is 197 g/mol. The molecule has 0 atom stereocenters. The SMILES string of the molecule is COC(=O)CCN(C)c1cccc(F)c1. The number of ether oxygens (including phenoxy) is 1. The molecule has 0 aromatic heterocycles. The van der Waals surface area contributed by atoms with Gasteiger partial charge in [-0.1, -0.05) is 6.07 Å². The molecule has 0 saturated carbocycles. The summed E-state index contributed by atoms with van der Waals surface area (Å²) >= 11 is 0. The van der Waals surface area contributed by atoms with Gasteiger partial charge in [0.25, 0.3) is 0 Å². The molecule has 0 aliphatic carbocycles. The number of nitrogens with zero attached hydrogens (tertiary/aromatic N) is 1. The zero-order chi connectivity index (χ0) is 11.3. The fourth-order valence-electron chi connectivity index (χ4n) is 1.20. The molecule has 0 heterocycles. The van der Waals surface area contributed by atoms with Crippen molar-refractivity contribution >= 4 is 11.7 Å². The highest BCUT2D eigenvalue weighted by atomic mass is 19.1. The second-order valence-electron chi connectivity index (χ2n) is 3.23. The summed E-state index contributed by atoms with van der Waals surface area (Å²) < 4.78 is 17.4. The first-order valence-electron chi connectivity index (χ1n) is 4.67. The number of benzene rings is 1. The molecule has 15 heavy (non-hydrogen) atoms. The van der Waals surface area contributed by atoms with Gasteiger partial charge in [0.1, 0.15) is 5.82 Å². The maximum Gasteiger partial charge on any atom is 0.307 e. The molecule has 1 aromatic carbocycles. The molecule has 0 unspecified atom stereocenters. The summed E-state index contributed by atoms with van der Waals surface area (Å²) in [5.41, 5.74) is 0.749. The lowest BCUT2D eigenvalue weighted by Gasteiger charge is -2.18. The Morgan fingerprint density at radius 3 is 2.87 bits per heavy atom. The molecule has 0 saturated heterocycles. The van der Waals surface area contributed by atoms with Crippen molar-refractivity contribution < 1.29 is 13.9 Å². The van der Waals surface area contributed by atoms with E-state index in [9.17, 15) is 9.18 Å². The number of esters is 1. The van der Waals surface area contributed by atoms with Crippen molar-refractivity contribution in [2.45, 2.75) is 6.42 Å². The van der Waals surface area contributed by atoms with Crippen LogP contribution in [0.3, 0.4) is 0 Å². The van der Waals surface area contributed by atoms with Gasteiger partial charge in [-0.2, -0.15) is 0 Å². The van der Waals surface area contributed by atoms with E-state index < -0.39 is 0 Å². The summed E-state index contributed by atoms with van der Waals surface area (Å²) in [5, 5.41) is 0. The minimum Gasteiger partial charge on any atom is -0.469 e. The third-order valence-electron chi connectivity index (χ3n) is 2.13. The second-order valence-corrected chi connectivity index (χ2v) is 3.23. The van der Waals surface area contributed by atoms with Gasteiger partial charge in [-0.15, -0.1) is 0 Å². The minimum absolute atomic E-state index is 0.266. The predicted octanol–water partition coefficient (Wildman–Crippen LogP) is 1.82. The van der Waals surface area contributed by atoms with Crippen LogP contribution in [0.25, 0.3) is 0 Å². The zero-order valence-electron chi connectivity index (χ0n) is 8.87. The lowest BCUT2D eigenvalue weighted by atomic mass is 10.3. The molecule has 4 heteroatoms. The summed E-state index contributed by atoms with van der Waals surface area (Å²) in [6.45, 7) is 0.510. The Labute approximate surface area is 88.5 Å². The molecule has 0 N–H and O–H groups in total. The van der Waals surface area contributed by atoms with Crippen LogP contribution < -0.4 is 4.90 Å². The summed E-state index contributed by atoms with van der Waals surface area (Å²) in [6, 6.07) is 6.24. The third-order valence-corrected chi connectivity index (χ3v) is 2.13. The Bertz CT molecular complexity index is 341. The first-order chi connectivity index (χ1) is 7.13. The monoisotopic (exact) mass is 211 g/mol. The number of hydrogen-bond donors (Lipinski definition) is 0. The molecule has 0 bridgehead atoms. The van der Waals surface area contributed by atoms with Crippen LogP contribution in [0.4, 0.5) is 10.1 Å². The van der Waals surface area contributed by atoms with Gasteiger partial charge in [-0.05, 0) is 18.2 Å². The Morgan fingerprint density at radius 1 is 1.53 bits per heavy atom. The van der Waals surface area contributed by atoms with Gasteiger partial charge in [0.2, 0.25) is 0 Å². The molecule has 3 nitrogen and oxygen atoms in total. The van der Waals surface area contributed by atoms with Gasteiger partial charge in [-0.25, -0.2) is 4.39 Å². The van der Waals surface area contributed by atoms with E-state index in [4.69, 9.17) is 0 Å². The van der Waals surface area contributed by atoms with Crippen molar-refractivity contribution in [3.05, 3.63) is 30.1 Å². The number of anilines is 1. The lowest BCUT2D eigenvalue weighted by Crippen LogP contribution is -2.21. The topological polar surface area (TPSA) is 29.5 Å². The van der Waals surface area contributed by atoms with Gasteiger partial charge in [-0.3, -0.25) is 4.79 Å². The largest absolute Gasteiger partial charge is 0.469 e. The molecule has 1 aromatic rings. The van der Waals surface area contributed by atoms with E-state index in [0.29, 0.717) is 13.0 Å². The Hall–Kier alpha value is -1.58. The molecular formula is C11H14FNO2. The summed E-state index contributed by atoms with van der Waals surface area (Å²) in [4.78, 5) is 12.7.